The first kappa shape index (κ1) is 19.2. The number of likely N-dealkylation sites (tertiary alicyclic amines) is 1. The molecule has 0 aromatic heterocycles. The van der Waals surface area contributed by atoms with E-state index in [1.54, 1.807) is 0 Å². The van der Waals surface area contributed by atoms with Crippen molar-refractivity contribution in [3.63, 3.8) is 0 Å². The Labute approximate surface area is 160 Å². The van der Waals surface area contributed by atoms with E-state index in [2.05, 4.69) is 4.90 Å². The number of para-hydroxylation sites is 1. The van der Waals surface area contributed by atoms with Gasteiger partial charge in [0.2, 0.25) is 0 Å². The second-order valence-electron chi connectivity index (χ2n) is 6.60. The van der Waals surface area contributed by atoms with E-state index in [1.165, 1.54) is 0 Å². The number of esters is 1. The Hall–Kier alpha value is -2.53. The normalized spacial score (nSPS) is 15.3. The molecule has 1 fully saturated rings. The highest BCUT2D eigenvalue weighted by atomic mass is 16.5. The van der Waals surface area contributed by atoms with E-state index in [0.717, 1.165) is 49.7 Å². The van der Waals surface area contributed by atoms with Crippen LogP contribution in [-0.2, 0) is 9.53 Å². The summed E-state index contributed by atoms with van der Waals surface area (Å²) in [5.41, 5.74) is 0. The Morgan fingerprint density at radius 3 is 2.26 bits per heavy atom. The van der Waals surface area contributed by atoms with Crippen LogP contribution in [0.3, 0.4) is 0 Å². The molecule has 1 heterocycles. The molecule has 0 N–H and O–H groups in total. The van der Waals surface area contributed by atoms with Crippen molar-refractivity contribution in [1.82, 2.24) is 4.90 Å². The molecule has 0 unspecified atom stereocenters. The maximum atomic E-state index is 11.8. The molecule has 0 spiro atoms. The summed E-state index contributed by atoms with van der Waals surface area (Å²) < 4.78 is 16.7. The monoisotopic (exact) mass is 369 g/mol. The van der Waals surface area contributed by atoms with Gasteiger partial charge in [0.1, 0.15) is 23.9 Å². The van der Waals surface area contributed by atoms with Gasteiger partial charge in [-0.05, 0) is 69.3 Å². The van der Waals surface area contributed by atoms with Gasteiger partial charge < -0.3 is 14.2 Å². The summed E-state index contributed by atoms with van der Waals surface area (Å²) in [6.07, 6.45) is 1.73. The lowest BCUT2D eigenvalue weighted by Crippen LogP contribution is -2.39. The van der Waals surface area contributed by atoms with E-state index in [1.807, 2.05) is 61.5 Å². The van der Waals surface area contributed by atoms with Crippen molar-refractivity contribution in [2.75, 3.05) is 32.8 Å². The molecule has 0 radical (unpaired) electrons. The molecule has 27 heavy (non-hydrogen) atoms. The summed E-state index contributed by atoms with van der Waals surface area (Å²) in [4.78, 5) is 14.1. The van der Waals surface area contributed by atoms with E-state index in [9.17, 15) is 4.79 Å². The topological polar surface area (TPSA) is 48.0 Å². The Morgan fingerprint density at radius 2 is 1.59 bits per heavy atom. The SMILES string of the molecule is CCOC(=O)C1CCN(CCOc2ccc(Oc3ccccc3)cc2)CC1. The van der Waals surface area contributed by atoms with Crippen LogP contribution in [0.2, 0.25) is 0 Å². The number of hydrogen-bond acceptors (Lipinski definition) is 5. The molecule has 3 rings (SSSR count). The minimum Gasteiger partial charge on any atom is -0.492 e. The summed E-state index contributed by atoms with van der Waals surface area (Å²) in [5.74, 6) is 2.44. The van der Waals surface area contributed by atoms with Crippen molar-refractivity contribution >= 4 is 5.97 Å². The van der Waals surface area contributed by atoms with Crippen LogP contribution in [0.25, 0.3) is 0 Å². The Kier molecular flexibility index (Phi) is 7.11. The Balaban J connectivity index is 1.37. The minimum atomic E-state index is -0.0498. The van der Waals surface area contributed by atoms with E-state index >= 15 is 0 Å². The molecule has 2 aromatic carbocycles. The van der Waals surface area contributed by atoms with Gasteiger partial charge in [-0.15, -0.1) is 0 Å². The second kappa shape index (κ2) is 9.97. The minimum absolute atomic E-state index is 0.0498. The molecule has 1 aliphatic rings. The van der Waals surface area contributed by atoms with Crippen LogP contribution in [0, 0.1) is 5.92 Å². The van der Waals surface area contributed by atoms with E-state index in [4.69, 9.17) is 14.2 Å². The molecule has 0 amide bonds. The van der Waals surface area contributed by atoms with Crippen LogP contribution in [0.1, 0.15) is 19.8 Å². The first-order chi connectivity index (χ1) is 13.2. The molecule has 0 bridgehead atoms. The molecule has 5 heteroatoms. The molecule has 0 atom stereocenters. The van der Waals surface area contributed by atoms with Gasteiger partial charge in [0.25, 0.3) is 0 Å². The molecule has 0 saturated carbocycles. The Bertz CT molecular complexity index is 694. The van der Waals surface area contributed by atoms with Gasteiger partial charge in [0, 0.05) is 6.54 Å². The number of carbonyl (C=O) groups excluding carboxylic acids is 1. The first-order valence-electron chi connectivity index (χ1n) is 9.59. The summed E-state index contributed by atoms with van der Waals surface area (Å²) in [6.45, 7) is 5.63. The third kappa shape index (κ3) is 6.00. The number of carbonyl (C=O) groups is 1. The van der Waals surface area contributed by atoms with Crippen LogP contribution < -0.4 is 9.47 Å². The highest BCUT2D eigenvalue weighted by Gasteiger charge is 2.25. The van der Waals surface area contributed by atoms with E-state index < -0.39 is 0 Å². The summed E-state index contributed by atoms with van der Waals surface area (Å²) in [6, 6.07) is 17.4. The Morgan fingerprint density at radius 1 is 0.963 bits per heavy atom. The summed E-state index contributed by atoms with van der Waals surface area (Å²) in [5, 5.41) is 0. The van der Waals surface area contributed by atoms with Crippen LogP contribution in [-0.4, -0.2) is 43.7 Å². The third-order valence-electron chi connectivity index (χ3n) is 4.69. The third-order valence-corrected chi connectivity index (χ3v) is 4.69. The van der Waals surface area contributed by atoms with Gasteiger partial charge in [-0.25, -0.2) is 0 Å². The number of rotatable bonds is 8. The van der Waals surface area contributed by atoms with Crippen LogP contribution in [0.15, 0.2) is 54.6 Å². The van der Waals surface area contributed by atoms with E-state index in [0.29, 0.717) is 13.2 Å². The van der Waals surface area contributed by atoms with Crippen molar-refractivity contribution in [3.8, 4) is 17.2 Å². The molecular formula is C22H27NO4. The van der Waals surface area contributed by atoms with Crippen molar-refractivity contribution < 1.29 is 19.0 Å². The first-order valence-corrected chi connectivity index (χ1v) is 9.59. The summed E-state index contributed by atoms with van der Waals surface area (Å²) >= 11 is 0. The van der Waals surface area contributed by atoms with Gasteiger partial charge in [-0.3, -0.25) is 9.69 Å². The zero-order valence-corrected chi connectivity index (χ0v) is 15.8. The number of nitrogens with zero attached hydrogens (tertiary/aromatic N) is 1. The highest BCUT2D eigenvalue weighted by molar-refractivity contribution is 5.72. The van der Waals surface area contributed by atoms with Crippen LogP contribution in [0.5, 0.6) is 17.2 Å². The smallest absolute Gasteiger partial charge is 0.309 e. The average Bonchev–Trinajstić information content (AvgIpc) is 2.71. The van der Waals surface area contributed by atoms with Crippen molar-refractivity contribution in [1.29, 1.82) is 0 Å². The molecule has 0 aliphatic carbocycles. The predicted octanol–water partition coefficient (Wildman–Crippen LogP) is 4.13. The van der Waals surface area contributed by atoms with Crippen molar-refractivity contribution in [2.45, 2.75) is 19.8 Å². The zero-order valence-electron chi connectivity index (χ0n) is 15.8. The molecule has 2 aromatic rings. The molecule has 5 nitrogen and oxygen atoms in total. The van der Waals surface area contributed by atoms with Gasteiger partial charge >= 0.3 is 5.97 Å². The number of benzene rings is 2. The largest absolute Gasteiger partial charge is 0.492 e. The number of piperidine rings is 1. The van der Waals surface area contributed by atoms with Gasteiger partial charge in [0.15, 0.2) is 0 Å². The van der Waals surface area contributed by atoms with Gasteiger partial charge in [0.05, 0.1) is 12.5 Å². The molecule has 1 saturated heterocycles. The maximum absolute atomic E-state index is 11.8. The van der Waals surface area contributed by atoms with E-state index in [-0.39, 0.29) is 11.9 Å². The summed E-state index contributed by atoms with van der Waals surface area (Å²) in [7, 11) is 0. The predicted molar refractivity (Wildman–Crippen MR) is 104 cm³/mol. The van der Waals surface area contributed by atoms with Crippen LogP contribution in [0.4, 0.5) is 0 Å². The maximum Gasteiger partial charge on any atom is 0.309 e. The fraction of sp³-hybridized carbons (Fsp3) is 0.409. The lowest BCUT2D eigenvalue weighted by molar-refractivity contribution is -0.149. The second-order valence-corrected chi connectivity index (χ2v) is 6.60. The highest BCUT2D eigenvalue weighted by Crippen LogP contribution is 2.23. The fourth-order valence-electron chi connectivity index (χ4n) is 3.17. The fourth-order valence-corrected chi connectivity index (χ4v) is 3.17. The molecule has 1 aliphatic heterocycles. The van der Waals surface area contributed by atoms with Crippen molar-refractivity contribution in [3.05, 3.63) is 54.6 Å². The van der Waals surface area contributed by atoms with Crippen LogP contribution >= 0.6 is 0 Å². The van der Waals surface area contributed by atoms with Gasteiger partial charge in [-0.1, -0.05) is 18.2 Å². The standard InChI is InChI=1S/C22H27NO4/c1-2-25-22(24)18-12-14-23(15-13-18)16-17-26-19-8-10-21(11-9-19)27-20-6-4-3-5-7-20/h3-11,18H,2,12-17H2,1H3. The molecular weight excluding hydrogens is 342 g/mol. The quantitative estimate of drug-likeness (QED) is 0.655. The zero-order chi connectivity index (χ0) is 18.9. The number of ether oxygens (including phenoxy) is 3. The number of hydrogen-bond donors (Lipinski definition) is 0. The average molecular weight is 369 g/mol. The van der Waals surface area contributed by atoms with Gasteiger partial charge in [-0.2, -0.15) is 0 Å². The lowest BCUT2D eigenvalue weighted by atomic mass is 9.97. The lowest BCUT2D eigenvalue weighted by Gasteiger charge is -2.30. The molecule has 144 valence electrons. The van der Waals surface area contributed by atoms with Crippen molar-refractivity contribution in [2.24, 2.45) is 5.92 Å².